The van der Waals surface area contributed by atoms with E-state index in [-0.39, 0.29) is 5.91 Å². The highest BCUT2D eigenvalue weighted by Gasteiger charge is 2.09. The minimum Gasteiger partial charge on any atom is -0.472 e. The van der Waals surface area contributed by atoms with Gasteiger partial charge in [0.2, 0.25) is 0 Å². The molecule has 0 spiro atoms. The third kappa shape index (κ3) is 2.88. The van der Waals surface area contributed by atoms with Crippen molar-refractivity contribution in [3.63, 3.8) is 0 Å². The van der Waals surface area contributed by atoms with E-state index in [1.165, 1.54) is 0 Å². The molecule has 1 heterocycles. The fraction of sp³-hybridized carbons (Fsp3) is 0.0833. The number of rotatable bonds is 3. The summed E-state index contributed by atoms with van der Waals surface area (Å²) in [7, 11) is 0. The van der Waals surface area contributed by atoms with Crippen LogP contribution in [0.15, 0.2) is 45.7 Å². The van der Waals surface area contributed by atoms with Crippen LogP contribution in [0.2, 0.25) is 0 Å². The quantitative estimate of drug-likeness (QED) is 0.855. The zero-order valence-corrected chi connectivity index (χ0v) is 10.5. The van der Waals surface area contributed by atoms with Gasteiger partial charge in [0.15, 0.2) is 0 Å². The van der Waals surface area contributed by atoms with Crippen LogP contribution < -0.4 is 11.1 Å². The van der Waals surface area contributed by atoms with Gasteiger partial charge in [0.05, 0.1) is 18.1 Å². The average Bonchev–Trinajstić information content (AvgIpc) is 2.82. The minimum absolute atomic E-state index is 0.204. The Balaban J connectivity index is 2.07. The molecular weight excluding hydrogens is 284 g/mol. The van der Waals surface area contributed by atoms with Crippen LogP contribution in [-0.4, -0.2) is 5.91 Å². The lowest BCUT2D eigenvalue weighted by atomic mass is 10.1. The van der Waals surface area contributed by atoms with Gasteiger partial charge < -0.3 is 15.5 Å². The summed E-state index contributed by atoms with van der Waals surface area (Å²) in [5, 5.41) is 2.77. The molecule has 1 aromatic heterocycles. The molecule has 88 valence electrons. The highest BCUT2D eigenvalue weighted by Crippen LogP contribution is 2.18. The molecule has 17 heavy (non-hydrogen) atoms. The number of anilines is 1. The Morgan fingerprint density at radius 2 is 2.24 bits per heavy atom. The van der Waals surface area contributed by atoms with E-state index in [4.69, 9.17) is 10.2 Å². The van der Waals surface area contributed by atoms with Gasteiger partial charge in [0.25, 0.3) is 5.91 Å². The smallest absolute Gasteiger partial charge is 0.253 e. The molecule has 1 aromatic carbocycles. The summed E-state index contributed by atoms with van der Waals surface area (Å²) in [4.78, 5) is 11.9. The highest BCUT2D eigenvalue weighted by molar-refractivity contribution is 9.10. The van der Waals surface area contributed by atoms with Crippen LogP contribution in [0, 0.1) is 0 Å². The van der Waals surface area contributed by atoms with Crippen molar-refractivity contribution in [1.82, 2.24) is 5.32 Å². The SMILES string of the molecule is Nc1ccc(Br)cc1C(=O)NCc1ccoc1. The van der Waals surface area contributed by atoms with Crippen molar-refractivity contribution in [2.24, 2.45) is 0 Å². The van der Waals surface area contributed by atoms with Crippen LogP contribution in [0.25, 0.3) is 0 Å². The molecule has 5 heteroatoms. The fourth-order valence-corrected chi connectivity index (χ4v) is 1.76. The Labute approximate surface area is 107 Å². The number of amides is 1. The van der Waals surface area contributed by atoms with Crippen LogP contribution in [0.3, 0.4) is 0 Å². The molecule has 0 unspecified atom stereocenters. The maximum absolute atomic E-state index is 11.9. The summed E-state index contributed by atoms with van der Waals surface area (Å²) in [6.07, 6.45) is 3.15. The summed E-state index contributed by atoms with van der Waals surface area (Å²) >= 11 is 3.30. The van der Waals surface area contributed by atoms with Gasteiger partial charge in [-0.15, -0.1) is 0 Å². The number of halogens is 1. The lowest BCUT2D eigenvalue weighted by Gasteiger charge is -2.06. The molecule has 0 atom stereocenters. The van der Waals surface area contributed by atoms with Gasteiger partial charge in [0.1, 0.15) is 0 Å². The number of benzene rings is 1. The van der Waals surface area contributed by atoms with Crippen molar-refractivity contribution in [3.05, 3.63) is 52.4 Å². The molecule has 4 nitrogen and oxygen atoms in total. The molecule has 0 aliphatic carbocycles. The van der Waals surface area contributed by atoms with E-state index in [2.05, 4.69) is 21.2 Å². The lowest BCUT2D eigenvalue weighted by molar-refractivity contribution is 0.0951. The zero-order chi connectivity index (χ0) is 12.3. The number of nitrogens with two attached hydrogens (primary N) is 1. The van der Waals surface area contributed by atoms with Crippen LogP contribution in [-0.2, 0) is 6.54 Å². The second-order valence-electron chi connectivity index (χ2n) is 3.55. The Hall–Kier alpha value is -1.75. The first-order chi connectivity index (χ1) is 8.16. The van der Waals surface area contributed by atoms with Crippen molar-refractivity contribution in [2.75, 3.05) is 5.73 Å². The van der Waals surface area contributed by atoms with E-state index in [0.29, 0.717) is 17.8 Å². The Bertz CT molecular complexity index is 523. The van der Waals surface area contributed by atoms with E-state index in [0.717, 1.165) is 10.0 Å². The number of hydrogen-bond acceptors (Lipinski definition) is 3. The number of carbonyl (C=O) groups excluding carboxylic acids is 1. The fourth-order valence-electron chi connectivity index (χ4n) is 1.40. The first kappa shape index (κ1) is 11.7. The normalized spacial score (nSPS) is 10.2. The van der Waals surface area contributed by atoms with Gasteiger partial charge in [-0.3, -0.25) is 4.79 Å². The predicted molar refractivity (Wildman–Crippen MR) is 68.4 cm³/mol. The first-order valence-electron chi connectivity index (χ1n) is 5.01. The second kappa shape index (κ2) is 5.05. The summed E-state index contributed by atoms with van der Waals surface area (Å²) in [6.45, 7) is 0.418. The monoisotopic (exact) mass is 294 g/mol. The van der Waals surface area contributed by atoms with Gasteiger partial charge in [0, 0.05) is 22.3 Å². The van der Waals surface area contributed by atoms with Gasteiger partial charge >= 0.3 is 0 Å². The molecule has 3 N–H and O–H groups in total. The average molecular weight is 295 g/mol. The van der Waals surface area contributed by atoms with Gasteiger partial charge in [-0.1, -0.05) is 15.9 Å². The molecule has 0 radical (unpaired) electrons. The first-order valence-corrected chi connectivity index (χ1v) is 5.80. The van der Waals surface area contributed by atoms with Gasteiger partial charge in [-0.05, 0) is 24.3 Å². The molecule has 1 amide bonds. The number of hydrogen-bond donors (Lipinski definition) is 2. The third-order valence-corrected chi connectivity index (χ3v) is 2.79. The van der Waals surface area contributed by atoms with Crippen molar-refractivity contribution >= 4 is 27.5 Å². The molecule has 0 saturated heterocycles. The summed E-state index contributed by atoms with van der Waals surface area (Å²) < 4.78 is 5.73. The van der Waals surface area contributed by atoms with E-state index in [1.807, 2.05) is 0 Å². The van der Waals surface area contributed by atoms with E-state index >= 15 is 0 Å². The maximum atomic E-state index is 11.9. The lowest BCUT2D eigenvalue weighted by Crippen LogP contribution is -2.23. The van der Waals surface area contributed by atoms with Gasteiger partial charge in [-0.25, -0.2) is 0 Å². The van der Waals surface area contributed by atoms with Crippen LogP contribution in [0.5, 0.6) is 0 Å². The standard InChI is InChI=1S/C12H11BrN2O2/c13-9-1-2-11(14)10(5-9)12(16)15-6-8-3-4-17-7-8/h1-5,7H,6,14H2,(H,15,16). The topological polar surface area (TPSA) is 68.3 Å². The van der Waals surface area contributed by atoms with Crippen LogP contribution >= 0.6 is 15.9 Å². The van der Waals surface area contributed by atoms with Crippen molar-refractivity contribution < 1.29 is 9.21 Å². The number of nitrogens with one attached hydrogen (secondary N) is 1. The molecule has 2 aromatic rings. The Morgan fingerprint density at radius 1 is 1.41 bits per heavy atom. The Morgan fingerprint density at radius 3 is 2.94 bits per heavy atom. The van der Waals surface area contributed by atoms with E-state index in [1.54, 1.807) is 36.8 Å². The number of carbonyl (C=O) groups is 1. The zero-order valence-electron chi connectivity index (χ0n) is 8.94. The number of furan rings is 1. The second-order valence-corrected chi connectivity index (χ2v) is 4.46. The summed E-state index contributed by atoms with van der Waals surface area (Å²) in [5.74, 6) is -0.204. The molecular formula is C12H11BrN2O2. The van der Waals surface area contributed by atoms with Crippen molar-refractivity contribution in [2.45, 2.75) is 6.54 Å². The van der Waals surface area contributed by atoms with E-state index < -0.39 is 0 Å². The summed E-state index contributed by atoms with van der Waals surface area (Å²) in [5.41, 5.74) is 7.57. The molecule has 0 aliphatic rings. The largest absolute Gasteiger partial charge is 0.472 e. The predicted octanol–water partition coefficient (Wildman–Crippen LogP) is 2.55. The maximum Gasteiger partial charge on any atom is 0.253 e. The highest BCUT2D eigenvalue weighted by atomic mass is 79.9. The minimum atomic E-state index is -0.204. The van der Waals surface area contributed by atoms with Crippen molar-refractivity contribution in [3.8, 4) is 0 Å². The molecule has 0 saturated carbocycles. The van der Waals surface area contributed by atoms with Crippen LogP contribution in [0.1, 0.15) is 15.9 Å². The summed E-state index contributed by atoms with van der Waals surface area (Å²) in [6, 6.07) is 6.98. The van der Waals surface area contributed by atoms with Crippen LogP contribution in [0.4, 0.5) is 5.69 Å². The number of nitrogen functional groups attached to an aromatic ring is 1. The molecule has 0 bridgehead atoms. The van der Waals surface area contributed by atoms with Gasteiger partial charge in [-0.2, -0.15) is 0 Å². The van der Waals surface area contributed by atoms with E-state index in [9.17, 15) is 4.79 Å². The molecule has 0 aliphatic heterocycles. The third-order valence-electron chi connectivity index (χ3n) is 2.29. The van der Waals surface area contributed by atoms with Crippen molar-refractivity contribution in [1.29, 1.82) is 0 Å². The Kier molecular flexibility index (Phi) is 3.49. The molecule has 2 rings (SSSR count). The molecule has 0 fully saturated rings.